The molecule has 0 bridgehead atoms. The number of nitrogens with one attached hydrogen (secondary N) is 1. The van der Waals surface area contributed by atoms with E-state index in [1.54, 1.807) is 6.07 Å². The van der Waals surface area contributed by atoms with Gasteiger partial charge in [0, 0.05) is 18.0 Å². The number of pyridine rings is 1. The molecule has 2 rings (SSSR count). The highest BCUT2D eigenvalue weighted by molar-refractivity contribution is 6.06. The molecule has 0 aliphatic heterocycles. The Bertz CT molecular complexity index is 665. The van der Waals surface area contributed by atoms with E-state index in [9.17, 15) is 18.0 Å². The number of alkyl halides is 2. The van der Waals surface area contributed by atoms with Crippen LogP contribution in [0.5, 0.6) is 5.75 Å². The second-order valence-electron chi connectivity index (χ2n) is 3.92. The number of nitrogens with two attached hydrogens (primary N) is 1. The highest BCUT2D eigenvalue weighted by Crippen LogP contribution is 2.23. The maximum absolute atomic E-state index is 13.5. The molecule has 1 amide bonds. The Hall–Kier alpha value is -2.77. The zero-order valence-electron chi connectivity index (χ0n) is 10.5. The van der Waals surface area contributed by atoms with Crippen LogP contribution in [0.15, 0.2) is 36.5 Å². The van der Waals surface area contributed by atoms with Crippen molar-refractivity contribution < 1.29 is 22.7 Å². The molecular formula is C13H10F3N3O2. The van der Waals surface area contributed by atoms with Gasteiger partial charge in [-0.25, -0.2) is 9.37 Å². The average molecular weight is 297 g/mol. The number of rotatable bonds is 4. The van der Waals surface area contributed by atoms with E-state index in [0.717, 1.165) is 12.1 Å². The molecule has 21 heavy (non-hydrogen) atoms. The highest BCUT2D eigenvalue weighted by Gasteiger charge is 2.14. The third-order valence-electron chi connectivity index (χ3n) is 2.46. The molecule has 0 atom stereocenters. The summed E-state index contributed by atoms with van der Waals surface area (Å²) in [6, 6.07) is 6.11. The van der Waals surface area contributed by atoms with Crippen molar-refractivity contribution in [3.8, 4) is 5.75 Å². The minimum Gasteiger partial charge on any atom is -0.432 e. The van der Waals surface area contributed by atoms with Crippen LogP contribution in [0.4, 0.5) is 24.5 Å². The molecule has 3 N–H and O–H groups in total. The number of ether oxygens (including phenoxy) is 1. The Kier molecular flexibility index (Phi) is 4.27. The largest absolute Gasteiger partial charge is 0.432 e. The van der Waals surface area contributed by atoms with Crippen LogP contribution >= 0.6 is 0 Å². The minimum atomic E-state index is -3.13. The zero-order chi connectivity index (χ0) is 15.4. The standard InChI is InChI=1S/C13H10F3N3O2/c14-8-6-7(3-4-10(8)21-13(15)16)19-12(20)11-9(17)2-1-5-18-11/h1-6,13H,17H2,(H,19,20). The summed E-state index contributed by atoms with van der Waals surface area (Å²) < 4.78 is 41.4. The lowest BCUT2D eigenvalue weighted by molar-refractivity contribution is -0.0521. The fraction of sp³-hybridized carbons (Fsp3) is 0.0769. The zero-order valence-corrected chi connectivity index (χ0v) is 10.5. The van der Waals surface area contributed by atoms with Crippen molar-refractivity contribution in [3.63, 3.8) is 0 Å². The Morgan fingerprint density at radius 3 is 2.71 bits per heavy atom. The van der Waals surface area contributed by atoms with Crippen molar-refractivity contribution >= 4 is 17.3 Å². The molecule has 1 aromatic heterocycles. The van der Waals surface area contributed by atoms with Gasteiger partial charge in [0.05, 0.1) is 5.69 Å². The fourth-order valence-electron chi connectivity index (χ4n) is 1.57. The first-order valence-corrected chi connectivity index (χ1v) is 5.73. The van der Waals surface area contributed by atoms with Gasteiger partial charge in [0.25, 0.3) is 5.91 Å². The maximum atomic E-state index is 13.5. The van der Waals surface area contributed by atoms with Gasteiger partial charge in [-0.2, -0.15) is 8.78 Å². The molecule has 0 saturated carbocycles. The average Bonchev–Trinajstić information content (AvgIpc) is 2.42. The van der Waals surface area contributed by atoms with Crippen LogP contribution in [0, 0.1) is 5.82 Å². The van der Waals surface area contributed by atoms with Gasteiger partial charge in [-0.3, -0.25) is 4.79 Å². The van der Waals surface area contributed by atoms with Crippen LogP contribution in [-0.4, -0.2) is 17.5 Å². The predicted molar refractivity (Wildman–Crippen MR) is 69.6 cm³/mol. The molecule has 8 heteroatoms. The van der Waals surface area contributed by atoms with E-state index in [1.165, 1.54) is 18.3 Å². The molecule has 0 spiro atoms. The van der Waals surface area contributed by atoms with Crippen molar-refractivity contribution in [2.24, 2.45) is 0 Å². The first-order valence-electron chi connectivity index (χ1n) is 5.73. The number of benzene rings is 1. The molecule has 110 valence electrons. The topological polar surface area (TPSA) is 77.2 Å². The van der Waals surface area contributed by atoms with Crippen LogP contribution in [0.2, 0.25) is 0 Å². The van der Waals surface area contributed by atoms with E-state index < -0.39 is 24.1 Å². The van der Waals surface area contributed by atoms with Crippen molar-refractivity contribution in [3.05, 3.63) is 48.0 Å². The molecule has 0 radical (unpaired) electrons. The Balaban J connectivity index is 2.15. The number of carbonyl (C=O) groups is 1. The molecule has 5 nitrogen and oxygen atoms in total. The summed E-state index contributed by atoms with van der Waals surface area (Å²) in [7, 11) is 0. The van der Waals surface area contributed by atoms with Crippen LogP contribution in [0.3, 0.4) is 0 Å². The number of nitrogens with zero attached hydrogens (tertiary/aromatic N) is 1. The Morgan fingerprint density at radius 1 is 1.33 bits per heavy atom. The second kappa shape index (κ2) is 6.12. The summed E-state index contributed by atoms with van der Waals surface area (Å²) in [6.45, 7) is -3.13. The Labute approximate surface area is 117 Å². The lowest BCUT2D eigenvalue weighted by Crippen LogP contribution is -2.16. The lowest BCUT2D eigenvalue weighted by Gasteiger charge is -2.09. The quantitative estimate of drug-likeness (QED) is 0.909. The predicted octanol–water partition coefficient (Wildman–Crippen LogP) is 2.66. The third kappa shape index (κ3) is 3.62. The molecule has 1 aromatic carbocycles. The van der Waals surface area contributed by atoms with E-state index in [1.807, 2.05) is 0 Å². The summed E-state index contributed by atoms with van der Waals surface area (Å²) >= 11 is 0. The van der Waals surface area contributed by atoms with E-state index >= 15 is 0 Å². The normalized spacial score (nSPS) is 10.5. The summed E-state index contributed by atoms with van der Waals surface area (Å²) in [5.41, 5.74) is 5.78. The fourth-order valence-corrected chi connectivity index (χ4v) is 1.57. The number of carbonyl (C=O) groups excluding carboxylic acids is 1. The summed E-state index contributed by atoms with van der Waals surface area (Å²) in [6.07, 6.45) is 1.38. The van der Waals surface area contributed by atoms with Crippen molar-refractivity contribution in [2.75, 3.05) is 11.1 Å². The SMILES string of the molecule is Nc1cccnc1C(=O)Nc1ccc(OC(F)F)c(F)c1. The minimum absolute atomic E-state index is 0.0224. The van der Waals surface area contributed by atoms with Gasteiger partial charge in [0.15, 0.2) is 17.3 Å². The van der Waals surface area contributed by atoms with Crippen molar-refractivity contribution in [2.45, 2.75) is 6.61 Å². The van der Waals surface area contributed by atoms with Gasteiger partial charge in [0.1, 0.15) is 0 Å². The van der Waals surface area contributed by atoms with Crippen LogP contribution in [-0.2, 0) is 0 Å². The number of amides is 1. The number of anilines is 2. The van der Waals surface area contributed by atoms with E-state index in [2.05, 4.69) is 15.0 Å². The number of hydrogen-bond donors (Lipinski definition) is 2. The number of aromatic nitrogens is 1. The van der Waals surface area contributed by atoms with E-state index in [-0.39, 0.29) is 17.1 Å². The van der Waals surface area contributed by atoms with Crippen LogP contribution < -0.4 is 15.8 Å². The maximum Gasteiger partial charge on any atom is 0.387 e. The van der Waals surface area contributed by atoms with E-state index in [4.69, 9.17) is 5.73 Å². The molecule has 0 aliphatic rings. The summed E-state index contributed by atoms with van der Waals surface area (Å²) in [5, 5.41) is 2.36. The molecule has 0 fully saturated rings. The highest BCUT2D eigenvalue weighted by atomic mass is 19.3. The van der Waals surface area contributed by atoms with Gasteiger partial charge in [-0.15, -0.1) is 0 Å². The molecule has 0 aliphatic carbocycles. The number of halogens is 3. The van der Waals surface area contributed by atoms with Crippen LogP contribution in [0.1, 0.15) is 10.5 Å². The van der Waals surface area contributed by atoms with Gasteiger partial charge in [-0.1, -0.05) is 0 Å². The van der Waals surface area contributed by atoms with Crippen molar-refractivity contribution in [1.82, 2.24) is 4.98 Å². The van der Waals surface area contributed by atoms with Gasteiger partial charge < -0.3 is 15.8 Å². The summed E-state index contributed by atoms with van der Waals surface area (Å²) in [5.74, 6) is -2.28. The number of nitrogen functional groups attached to an aromatic ring is 1. The van der Waals surface area contributed by atoms with Gasteiger partial charge >= 0.3 is 6.61 Å². The monoisotopic (exact) mass is 297 g/mol. The molecule has 0 saturated heterocycles. The van der Waals surface area contributed by atoms with Crippen molar-refractivity contribution in [1.29, 1.82) is 0 Å². The third-order valence-corrected chi connectivity index (χ3v) is 2.46. The smallest absolute Gasteiger partial charge is 0.387 e. The number of hydrogen-bond acceptors (Lipinski definition) is 4. The summed E-state index contributed by atoms with van der Waals surface area (Å²) in [4.78, 5) is 15.7. The lowest BCUT2D eigenvalue weighted by atomic mass is 10.2. The first kappa shape index (κ1) is 14.6. The Morgan fingerprint density at radius 2 is 2.10 bits per heavy atom. The molecule has 0 unspecified atom stereocenters. The van der Waals surface area contributed by atoms with Gasteiger partial charge in [0.2, 0.25) is 0 Å². The van der Waals surface area contributed by atoms with Crippen LogP contribution in [0.25, 0.3) is 0 Å². The second-order valence-corrected chi connectivity index (χ2v) is 3.92. The molecule has 1 heterocycles. The van der Waals surface area contributed by atoms with E-state index in [0.29, 0.717) is 0 Å². The van der Waals surface area contributed by atoms with Gasteiger partial charge in [-0.05, 0) is 24.3 Å². The first-order chi connectivity index (χ1) is 9.97. The molecule has 2 aromatic rings. The molecular weight excluding hydrogens is 287 g/mol.